The van der Waals surface area contributed by atoms with Gasteiger partial charge in [0.2, 0.25) is 0 Å². The molecule has 3 nitrogen and oxygen atoms in total. The average Bonchev–Trinajstić information content (AvgIpc) is 2.42. The minimum absolute atomic E-state index is 0.0179. The van der Waals surface area contributed by atoms with Crippen LogP contribution in [0, 0.1) is 5.82 Å². The van der Waals surface area contributed by atoms with Gasteiger partial charge in [0.05, 0.1) is 6.61 Å². The summed E-state index contributed by atoms with van der Waals surface area (Å²) in [5.41, 5.74) is 1.66. The first-order valence-electron chi connectivity index (χ1n) is 5.83. The third-order valence-corrected chi connectivity index (χ3v) is 2.72. The SMILES string of the molecule is CCN(c1ccc(F)cc1)c1ccc(CO)cn1. The molecule has 2 rings (SSSR count). The molecule has 0 bridgehead atoms. The monoisotopic (exact) mass is 246 g/mol. The summed E-state index contributed by atoms with van der Waals surface area (Å²) in [6, 6.07) is 9.98. The molecular weight excluding hydrogens is 231 g/mol. The summed E-state index contributed by atoms with van der Waals surface area (Å²) in [6.45, 7) is 2.72. The van der Waals surface area contributed by atoms with Gasteiger partial charge in [0.1, 0.15) is 11.6 Å². The van der Waals surface area contributed by atoms with Crippen molar-refractivity contribution in [3.8, 4) is 0 Å². The lowest BCUT2D eigenvalue weighted by atomic mass is 10.2. The van der Waals surface area contributed by atoms with Gasteiger partial charge >= 0.3 is 0 Å². The number of hydrogen-bond acceptors (Lipinski definition) is 3. The van der Waals surface area contributed by atoms with E-state index in [1.54, 1.807) is 18.3 Å². The molecular formula is C14H15FN2O. The van der Waals surface area contributed by atoms with Crippen LogP contribution in [0.4, 0.5) is 15.9 Å². The maximum absolute atomic E-state index is 12.9. The fourth-order valence-corrected chi connectivity index (χ4v) is 1.77. The third kappa shape index (κ3) is 2.65. The molecule has 1 N–H and O–H groups in total. The number of pyridine rings is 1. The number of benzene rings is 1. The van der Waals surface area contributed by atoms with Crippen LogP contribution in [-0.2, 0) is 6.61 Å². The Morgan fingerprint density at radius 3 is 2.39 bits per heavy atom. The fourth-order valence-electron chi connectivity index (χ4n) is 1.77. The van der Waals surface area contributed by atoms with Crippen LogP contribution in [0.1, 0.15) is 12.5 Å². The molecule has 0 aliphatic rings. The molecule has 18 heavy (non-hydrogen) atoms. The third-order valence-electron chi connectivity index (χ3n) is 2.72. The van der Waals surface area contributed by atoms with Gasteiger partial charge < -0.3 is 10.0 Å². The number of aliphatic hydroxyl groups is 1. The molecule has 0 fully saturated rings. The Morgan fingerprint density at radius 2 is 1.89 bits per heavy atom. The van der Waals surface area contributed by atoms with Crippen LogP contribution in [0.15, 0.2) is 42.6 Å². The molecule has 0 saturated heterocycles. The standard InChI is InChI=1S/C14H15FN2O/c1-2-17(13-6-4-12(15)5-7-13)14-8-3-11(10-18)9-16-14/h3-9,18H,2,10H2,1H3. The highest BCUT2D eigenvalue weighted by Gasteiger charge is 2.08. The van der Waals surface area contributed by atoms with Crippen LogP contribution in [0.2, 0.25) is 0 Å². The summed E-state index contributed by atoms with van der Waals surface area (Å²) in [5.74, 6) is 0.527. The van der Waals surface area contributed by atoms with E-state index in [1.165, 1.54) is 12.1 Å². The van der Waals surface area contributed by atoms with E-state index in [0.717, 1.165) is 23.6 Å². The average molecular weight is 246 g/mol. The van der Waals surface area contributed by atoms with E-state index < -0.39 is 0 Å². The Balaban J connectivity index is 2.29. The van der Waals surface area contributed by atoms with Gasteiger partial charge in [-0.15, -0.1) is 0 Å². The first-order valence-corrected chi connectivity index (χ1v) is 5.83. The van der Waals surface area contributed by atoms with Crippen LogP contribution in [0.5, 0.6) is 0 Å². The number of halogens is 1. The van der Waals surface area contributed by atoms with Gasteiger partial charge in [-0.3, -0.25) is 0 Å². The first-order chi connectivity index (χ1) is 8.74. The summed E-state index contributed by atoms with van der Waals surface area (Å²) in [4.78, 5) is 6.26. The number of nitrogens with zero attached hydrogens (tertiary/aromatic N) is 2. The minimum atomic E-state index is -0.251. The number of anilines is 2. The van der Waals surface area contributed by atoms with Crippen molar-refractivity contribution in [1.82, 2.24) is 4.98 Å². The maximum Gasteiger partial charge on any atom is 0.132 e. The molecule has 0 amide bonds. The maximum atomic E-state index is 12.9. The van der Waals surface area contributed by atoms with Crippen LogP contribution in [0.25, 0.3) is 0 Å². The van der Waals surface area contributed by atoms with Gasteiger partial charge in [-0.05, 0) is 42.8 Å². The summed E-state index contributed by atoms with van der Waals surface area (Å²) in [5, 5.41) is 8.98. The van der Waals surface area contributed by atoms with E-state index in [0.29, 0.717) is 0 Å². The number of rotatable bonds is 4. The zero-order valence-electron chi connectivity index (χ0n) is 10.2. The number of hydrogen-bond donors (Lipinski definition) is 1. The van der Waals surface area contributed by atoms with Gasteiger partial charge in [-0.25, -0.2) is 9.37 Å². The quantitative estimate of drug-likeness (QED) is 0.901. The molecule has 94 valence electrons. The van der Waals surface area contributed by atoms with E-state index in [4.69, 9.17) is 5.11 Å². The Morgan fingerprint density at radius 1 is 1.17 bits per heavy atom. The molecule has 0 radical (unpaired) electrons. The second-order valence-corrected chi connectivity index (χ2v) is 3.90. The smallest absolute Gasteiger partial charge is 0.132 e. The van der Waals surface area contributed by atoms with Crippen LogP contribution < -0.4 is 4.90 Å². The van der Waals surface area contributed by atoms with Crippen LogP contribution >= 0.6 is 0 Å². The molecule has 0 spiro atoms. The molecule has 1 aromatic carbocycles. The Labute approximate surface area is 106 Å². The molecule has 0 saturated carbocycles. The molecule has 0 atom stereocenters. The Bertz CT molecular complexity index is 496. The summed E-state index contributed by atoms with van der Waals surface area (Å²) in [6.07, 6.45) is 1.64. The van der Waals surface area contributed by atoms with E-state index in [9.17, 15) is 4.39 Å². The van der Waals surface area contributed by atoms with Crippen molar-refractivity contribution in [3.05, 3.63) is 54.0 Å². The minimum Gasteiger partial charge on any atom is -0.392 e. The fraction of sp³-hybridized carbons (Fsp3) is 0.214. The van der Waals surface area contributed by atoms with Crippen LogP contribution in [-0.4, -0.2) is 16.6 Å². The van der Waals surface area contributed by atoms with Crippen molar-refractivity contribution in [3.63, 3.8) is 0 Å². The largest absolute Gasteiger partial charge is 0.392 e. The lowest BCUT2D eigenvalue weighted by Gasteiger charge is -2.22. The van der Waals surface area contributed by atoms with Crippen molar-refractivity contribution >= 4 is 11.5 Å². The van der Waals surface area contributed by atoms with E-state index >= 15 is 0 Å². The first kappa shape index (κ1) is 12.5. The van der Waals surface area contributed by atoms with E-state index in [-0.39, 0.29) is 12.4 Å². The molecule has 1 heterocycles. The van der Waals surface area contributed by atoms with Crippen molar-refractivity contribution in [1.29, 1.82) is 0 Å². The second-order valence-electron chi connectivity index (χ2n) is 3.90. The normalized spacial score (nSPS) is 10.4. The van der Waals surface area contributed by atoms with Crippen molar-refractivity contribution in [2.24, 2.45) is 0 Å². The van der Waals surface area contributed by atoms with Gasteiger partial charge in [0.25, 0.3) is 0 Å². The Kier molecular flexibility index (Phi) is 3.89. The van der Waals surface area contributed by atoms with E-state index in [1.807, 2.05) is 24.0 Å². The molecule has 1 aromatic heterocycles. The summed E-state index contributed by atoms with van der Waals surface area (Å²) >= 11 is 0. The predicted octanol–water partition coefficient (Wildman–Crippen LogP) is 2.87. The summed E-state index contributed by atoms with van der Waals surface area (Å²) in [7, 11) is 0. The van der Waals surface area contributed by atoms with Gasteiger partial charge in [0.15, 0.2) is 0 Å². The zero-order chi connectivity index (χ0) is 13.0. The Hall–Kier alpha value is -1.94. The molecule has 0 unspecified atom stereocenters. The van der Waals surface area contributed by atoms with Crippen molar-refractivity contribution < 1.29 is 9.50 Å². The van der Waals surface area contributed by atoms with Gasteiger partial charge in [0, 0.05) is 18.4 Å². The van der Waals surface area contributed by atoms with Crippen LogP contribution in [0.3, 0.4) is 0 Å². The van der Waals surface area contributed by atoms with E-state index in [2.05, 4.69) is 4.98 Å². The zero-order valence-corrected chi connectivity index (χ0v) is 10.2. The van der Waals surface area contributed by atoms with Gasteiger partial charge in [-0.2, -0.15) is 0 Å². The van der Waals surface area contributed by atoms with Crippen molar-refractivity contribution in [2.45, 2.75) is 13.5 Å². The predicted molar refractivity (Wildman–Crippen MR) is 69.2 cm³/mol. The lowest BCUT2D eigenvalue weighted by Crippen LogP contribution is -2.17. The van der Waals surface area contributed by atoms with Gasteiger partial charge in [-0.1, -0.05) is 6.07 Å². The number of aliphatic hydroxyl groups excluding tert-OH is 1. The highest BCUT2D eigenvalue weighted by Crippen LogP contribution is 2.23. The molecule has 0 aliphatic heterocycles. The topological polar surface area (TPSA) is 36.4 Å². The highest BCUT2D eigenvalue weighted by molar-refractivity contribution is 5.59. The molecule has 4 heteroatoms. The second kappa shape index (κ2) is 5.60. The van der Waals surface area contributed by atoms with Crippen molar-refractivity contribution in [2.75, 3.05) is 11.4 Å². The summed E-state index contributed by atoms with van der Waals surface area (Å²) < 4.78 is 12.9. The molecule has 2 aromatic rings. The highest BCUT2D eigenvalue weighted by atomic mass is 19.1. The molecule has 0 aliphatic carbocycles. The lowest BCUT2D eigenvalue weighted by molar-refractivity contribution is 0.281. The number of aromatic nitrogens is 1.